The largest absolute Gasteiger partial charge is 0.487 e. The van der Waals surface area contributed by atoms with Crippen molar-refractivity contribution in [1.82, 2.24) is 14.9 Å². The third kappa shape index (κ3) is 3.59. The Bertz CT molecular complexity index is 746. The molecule has 1 amide bonds. The number of aryl methyl sites for hydroxylation is 1. The summed E-state index contributed by atoms with van der Waals surface area (Å²) in [6.07, 6.45) is 1.80. The summed E-state index contributed by atoms with van der Waals surface area (Å²) < 4.78 is 6.62. The van der Waals surface area contributed by atoms with E-state index in [1.807, 2.05) is 0 Å². The highest BCUT2D eigenvalue weighted by atomic mass is 32.2. The van der Waals surface area contributed by atoms with Crippen LogP contribution < -0.4 is 10.2 Å². The lowest BCUT2D eigenvalue weighted by molar-refractivity contribution is -0.385. The number of aromatic nitrogens is 3. The van der Waals surface area contributed by atoms with Crippen molar-refractivity contribution in [1.29, 1.82) is 0 Å². The van der Waals surface area contributed by atoms with Gasteiger partial charge in [-0.15, -0.1) is 10.2 Å². The first-order chi connectivity index (χ1) is 11.0. The van der Waals surface area contributed by atoms with Crippen LogP contribution >= 0.6 is 11.8 Å². The predicted octanol–water partition coefficient (Wildman–Crippen LogP) is 2.00. The summed E-state index contributed by atoms with van der Waals surface area (Å²) in [5.41, 5.74) is 2.49. The van der Waals surface area contributed by atoms with E-state index in [0.717, 1.165) is 0 Å². The number of carbonyl (C=O) groups excluding carboxylic acids is 1. The third-order valence-electron chi connectivity index (χ3n) is 2.91. The van der Waals surface area contributed by atoms with Crippen LogP contribution in [0.1, 0.15) is 23.1 Å². The van der Waals surface area contributed by atoms with Gasteiger partial charge >= 0.3 is 5.69 Å². The fourth-order valence-corrected chi connectivity index (χ4v) is 2.33. The molecule has 9 nitrogen and oxygen atoms in total. The fourth-order valence-electron chi connectivity index (χ4n) is 1.85. The van der Waals surface area contributed by atoms with E-state index in [4.69, 9.17) is 4.74 Å². The molecule has 0 radical (unpaired) electrons. The maximum Gasteiger partial charge on any atom is 0.311 e. The monoisotopic (exact) mass is 337 g/mol. The standard InChI is InChI=1S/C13H15N5O4S/c1-4-22-11-6-5-9(7-10(11)18(20)21)12(19)16-17-8(2)14-15-13(17)23-3/h5-7H,4H2,1-3H3,(H,16,19). The summed E-state index contributed by atoms with van der Waals surface area (Å²) in [6, 6.07) is 4.05. The Hall–Kier alpha value is -2.62. The van der Waals surface area contributed by atoms with Crippen LogP contribution in [0.5, 0.6) is 5.75 Å². The smallest absolute Gasteiger partial charge is 0.311 e. The van der Waals surface area contributed by atoms with E-state index < -0.39 is 10.8 Å². The Balaban J connectivity index is 2.31. The van der Waals surface area contributed by atoms with Crippen molar-refractivity contribution in [2.75, 3.05) is 18.3 Å². The molecule has 1 heterocycles. The zero-order valence-corrected chi connectivity index (χ0v) is 13.6. The lowest BCUT2D eigenvalue weighted by atomic mass is 10.2. The van der Waals surface area contributed by atoms with Gasteiger partial charge in [-0.05, 0) is 32.2 Å². The van der Waals surface area contributed by atoms with Crippen LogP contribution in [0.2, 0.25) is 0 Å². The number of ether oxygens (including phenoxy) is 1. The number of thioether (sulfide) groups is 1. The summed E-state index contributed by atoms with van der Waals surface area (Å²) in [4.78, 5) is 22.8. The maximum atomic E-state index is 12.3. The normalized spacial score (nSPS) is 10.4. The Kier molecular flexibility index (Phi) is 5.16. The van der Waals surface area contributed by atoms with E-state index in [1.165, 1.54) is 34.6 Å². The lowest BCUT2D eigenvalue weighted by Gasteiger charge is -2.10. The first-order valence-corrected chi connectivity index (χ1v) is 7.89. The van der Waals surface area contributed by atoms with Crippen molar-refractivity contribution in [2.24, 2.45) is 0 Å². The minimum atomic E-state index is -0.584. The van der Waals surface area contributed by atoms with Crippen LogP contribution in [-0.4, -0.2) is 38.6 Å². The minimum Gasteiger partial charge on any atom is -0.487 e. The molecule has 2 aromatic rings. The van der Waals surface area contributed by atoms with E-state index in [9.17, 15) is 14.9 Å². The summed E-state index contributed by atoms with van der Waals surface area (Å²) in [5, 5.41) is 19.4. The highest BCUT2D eigenvalue weighted by Gasteiger charge is 2.19. The van der Waals surface area contributed by atoms with Crippen LogP contribution in [-0.2, 0) is 0 Å². The number of benzene rings is 1. The van der Waals surface area contributed by atoms with Gasteiger partial charge < -0.3 is 4.74 Å². The van der Waals surface area contributed by atoms with E-state index in [1.54, 1.807) is 20.1 Å². The van der Waals surface area contributed by atoms with Crippen LogP contribution in [0, 0.1) is 17.0 Å². The minimum absolute atomic E-state index is 0.124. The maximum absolute atomic E-state index is 12.3. The second-order valence-electron chi connectivity index (χ2n) is 4.38. The molecule has 23 heavy (non-hydrogen) atoms. The van der Waals surface area contributed by atoms with Crippen LogP contribution in [0.4, 0.5) is 5.69 Å². The quantitative estimate of drug-likeness (QED) is 0.487. The van der Waals surface area contributed by atoms with Crippen molar-refractivity contribution in [3.8, 4) is 5.75 Å². The summed E-state index contributed by atoms with van der Waals surface area (Å²) >= 11 is 1.32. The van der Waals surface area contributed by atoms with Crippen molar-refractivity contribution < 1.29 is 14.5 Å². The van der Waals surface area contributed by atoms with E-state index >= 15 is 0 Å². The highest BCUT2D eigenvalue weighted by Crippen LogP contribution is 2.28. The van der Waals surface area contributed by atoms with Gasteiger partial charge in [-0.3, -0.25) is 20.3 Å². The SMILES string of the molecule is CCOc1ccc(C(=O)Nn2c(C)nnc2SC)cc1[N+](=O)[O-]. The van der Waals surface area contributed by atoms with Gasteiger partial charge in [-0.1, -0.05) is 11.8 Å². The molecule has 0 spiro atoms. The number of hydrogen-bond acceptors (Lipinski definition) is 7. The number of amides is 1. The molecular weight excluding hydrogens is 322 g/mol. The molecule has 0 saturated carbocycles. The second kappa shape index (κ2) is 7.09. The van der Waals surface area contributed by atoms with Crippen LogP contribution in [0.15, 0.2) is 23.4 Å². The van der Waals surface area contributed by atoms with Crippen molar-refractivity contribution >= 4 is 23.4 Å². The number of nitro benzene ring substituents is 1. The van der Waals surface area contributed by atoms with E-state index in [0.29, 0.717) is 17.6 Å². The Morgan fingerprint density at radius 3 is 2.83 bits per heavy atom. The number of nitrogens with zero attached hydrogens (tertiary/aromatic N) is 4. The molecule has 0 atom stereocenters. The van der Waals surface area contributed by atoms with Gasteiger partial charge in [0.15, 0.2) is 5.75 Å². The fraction of sp³-hybridized carbons (Fsp3) is 0.308. The molecule has 0 saturated heterocycles. The molecule has 0 bridgehead atoms. The summed E-state index contributed by atoms with van der Waals surface area (Å²) in [5.74, 6) is 0.122. The molecule has 1 aromatic carbocycles. The van der Waals surface area contributed by atoms with Gasteiger partial charge in [-0.25, -0.2) is 4.68 Å². The Morgan fingerprint density at radius 2 is 2.22 bits per heavy atom. The van der Waals surface area contributed by atoms with Gasteiger partial charge in [-0.2, -0.15) is 0 Å². The molecule has 1 aromatic heterocycles. The van der Waals surface area contributed by atoms with Crippen LogP contribution in [0.3, 0.4) is 0 Å². The molecule has 10 heteroatoms. The summed E-state index contributed by atoms with van der Waals surface area (Å²) in [6.45, 7) is 3.71. The first kappa shape index (κ1) is 16.7. The molecule has 0 fully saturated rings. The first-order valence-electron chi connectivity index (χ1n) is 6.66. The number of nitro groups is 1. The number of nitrogens with one attached hydrogen (secondary N) is 1. The Morgan fingerprint density at radius 1 is 1.48 bits per heavy atom. The molecular formula is C13H15N5O4S. The van der Waals surface area contributed by atoms with Crippen molar-refractivity contribution in [2.45, 2.75) is 19.0 Å². The van der Waals surface area contributed by atoms with Crippen molar-refractivity contribution in [3.63, 3.8) is 0 Å². The topological polar surface area (TPSA) is 112 Å². The average Bonchev–Trinajstić information content (AvgIpc) is 2.88. The van der Waals surface area contributed by atoms with E-state index in [2.05, 4.69) is 15.6 Å². The molecule has 122 valence electrons. The third-order valence-corrected chi connectivity index (χ3v) is 3.54. The highest BCUT2D eigenvalue weighted by molar-refractivity contribution is 7.98. The van der Waals surface area contributed by atoms with Gasteiger partial charge in [0.2, 0.25) is 5.16 Å². The molecule has 2 rings (SSSR count). The molecule has 1 N–H and O–H groups in total. The second-order valence-corrected chi connectivity index (χ2v) is 5.16. The average molecular weight is 337 g/mol. The molecule has 0 aliphatic heterocycles. The van der Waals surface area contributed by atoms with Gasteiger partial charge in [0.1, 0.15) is 5.82 Å². The van der Waals surface area contributed by atoms with Gasteiger partial charge in [0.25, 0.3) is 5.91 Å². The van der Waals surface area contributed by atoms with E-state index in [-0.39, 0.29) is 17.0 Å². The van der Waals surface area contributed by atoms with Gasteiger partial charge in [0, 0.05) is 11.6 Å². The molecule has 0 unspecified atom stereocenters. The number of carbonyl (C=O) groups is 1. The zero-order chi connectivity index (χ0) is 17.0. The van der Waals surface area contributed by atoms with Crippen molar-refractivity contribution in [3.05, 3.63) is 39.7 Å². The predicted molar refractivity (Wildman–Crippen MR) is 84.5 cm³/mol. The Labute approximate surface area is 136 Å². The zero-order valence-electron chi connectivity index (χ0n) is 12.8. The lowest BCUT2D eigenvalue weighted by Crippen LogP contribution is -2.24. The number of hydrogen-bond donors (Lipinski definition) is 1. The molecule has 0 aliphatic rings. The summed E-state index contributed by atoms with van der Waals surface area (Å²) in [7, 11) is 0. The van der Waals surface area contributed by atoms with Crippen LogP contribution in [0.25, 0.3) is 0 Å². The van der Waals surface area contributed by atoms with Gasteiger partial charge in [0.05, 0.1) is 11.5 Å². The number of rotatable bonds is 6. The molecule has 0 aliphatic carbocycles.